The third-order valence-corrected chi connectivity index (χ3v) is 2.50. The first-order chi connectivity index (χ1) is 8.67. The van der Waals surface area contributed by atoms with Crippen molar-refractivity contribution >= 4 is 16.9 Å². The molecule has 0 radical (unpaired) electrons. The van der Waals surface area contributed by atoms with E-state index in [0.29, 0.717) is 16.5 Å². The second-order valence-electron chi connectivity index (χ2n) is 3.62. The number of aromatic hydroxyl groups is 1. The highest BCUT2D eigenvalue weighted by Gasteiger charge is 2.15. The first kappa shape index (κ1) is 11.9. The van der Waals surface area contributed by atoms with E-state index in [4.69, 9.17) is 11.2 Å². The molecule has 18 heavy (non-hydrogen) atoms. The predicted octanol–water partition coefficient (Wildman–Crippen LogP) is 2.10. The fraction of sp³-hybridized carbons (Fsp3) is 0.143. The molecule has 90 valence electrons. The standard InChI is InChI=1S/C14H11NO3/c1-3-9-5-6-10-12(7-9)15-8-11(13(10)16)14(17)18-4-2/h1,5-8H,4H2,2H3,(H,15,16). The molecule has 0 aliphatic heterocycles. The lowest BCUT2D eigenvalue weighted by Crippen LogP contribution is -2.05. The van der Waals surface area contributed by atoms with Gasteiger partial charge in [0, 0.05) is 17.1 Å². The maximum atomic E-state index is 11.6. The molecule has 4 nitrogen and oxygen atoms in total. The Morgan fingerprint density at radius 3 is 3.00 bits per heavy atom. The number of hydrogen-bond acceptors (Lipinski definition) is 4. The smallest absolute Gasteiger partial charge is 0.343 e. The molecular weight excluding hydrogens is 230 g/mol. The van der Waals surface area contributed by atoms with Gasteiger partial charge < -0.3 is 9.84 Å². The summed E-state index contributed by atoms with van der Waals surface area (Å²) in [5.74, 6) is 1.75. The van der Waals surface area contributed by atoms with Gasteiger partial charge in [-0.3, -0.25) is 4.98 Å². The van der Waals surface area contributed by atoms with Crippen LogP contribution in [0.2, 0.25) is 0 Å². The Kier molecular flexibility index (Phi) is 3.16. The van der Waals surface area contributed by atoms with Crippen LogP contribution in [0.3, 0.4) is 0 Å². The molecule has 2 aromatic rings. The largest absolute Gasteiger partial charge is 0.506 e. The van der Waals surface area contributed by atoms with Crippen LogP contribution in [-0.2, 0) is 4.74 Å². The van der Waals surface area contributed by atoms with Gasteiger partial charge in [-0.1, -0.05) is 5.92 Å². The number of aromatic nitrogens is 1. The third-order valence-electron chi connectivity index (χ3n) is 2.50. The van der Waals surface area contributed by atoms with Crippen molar-refractivity contribution in [2.75, 3.05) is 6.61 Å². The van der Waals surface area contributed by atoms with Crippen molar-refractivity contribution in [1.29, 1.82) is 0 Å². The number of hydrogen-bond donors (Lipinski definition) is 1. The van der Waals surface area contributed by atoms with E-state index in [1.54, 1.807) is 25.1 Å². The third kappa shape index (κ3) is 1.98. The van der Waals surface area contributed by atoms with E-state index < -0.39 is 5.97 Å². The monoisotopic (exact) mass is 241 g/mol. The zero-order chi connectivity index (χ0) is 13.1. The van der Waals surface area contributed by atoms with E-state index in [9.17, 15) is 9.90 Å². The van der Waals surface area contributed by atoms with Crippen molar-refractivity contribution in [2.45, 2.75) is 6.92 Å². The van der Waals surface area contributed by atoms with Crippen LogP contribution in [0.4, 0.5) is 0 Å². The Morgan fingerprint density at radius 1 is 1.56 bits per heavy atom. The van der Waals surface area contributed by atoms with Crippen LogP contribution in [0.5, 0.6) is 5.75 Å². The van der Waals surface area contributed by atoms with Gasteiger partial charge in [0.1, 0.15) is 11.3 Å². The maximum Gasteiger partial charge on any atom is 0.343 e. The highest BCUT2D eigenvalue weighted by atomic mass is 16.5. The molecule has 4 heteroatoms. The first-order valence-corrected chi connectivity index (χ1v) is 5.42. The number of esters is 1. The lowest BCUT2D eigenvalue weighted by Gasteiger charge is -2.06. The van der Waals surface area contributed by atoms with E-state index in [-0.39, 0.29) is 17.9 Å². The maximum absolute atomic E-state index is 11.6. The summed E-state index contributed by atoms with van der Waals surface area (Å²) in [5, 5.41) is 10.5. The van der Waals surface area contributed by atoms with Crippen molar-refractivity contribution in [2.24, 2.45) is 0 Å². The molecule has 0 fully saturated rings. The van der Waals surface area contributed by atoms with E-state index in [0.717, 1.165) is 0 Å². The summed E-state index contributed by atoms with van der Waals surface area (Å²) in [7, 11) is 0. The lowest BCUT2D eigenvalue weighted by molar-refractivity contribution is 0.0523. The Balaban J connectivity index is 2.58. The average molecular weight is 241 g/mol. The van der Waals surface area contributed by atoms with E-state index in [1.807, 2.05) is 0 Å². The molecular formula is C14H11NO3. The van der Waals surface area contributed by atoms with Crippen molar-refractivity contribution in [3.05, 3.63) is 35.5 Å². The molecule has 0 aliphatic rings. The van der Waals surface area contributed by atoms with Crippen molar-refractivity contribution in [3.63, 3.8) is 0 Å². The number of nitrogens with zero attached hydrogens (tertiary/aromatic N) is 1. The molecule has 1 aromatic heterocycles. The summed E-state index contributed by atoms with van der Waals surface area (Å²) in [4.78, 5) is 15.7. The highest BCUT2D eigenvalue weighted by molar-refractivity contribution is 5.99. The minimum absolute atomic E-state index is 0.0535. The van der Waals surface area contributed by atoms with Gasteiger partial charge in [-0.25, -0.2) is 4.79 Å². The van der Waals surface area contributed by atoms with E-state index in [1.165, 1.54) is 6.20 Å². The molecule has 0 saturated heterocycles. The summed E-state index contributed by atoms with van der Waals surface area (Å²) in [5.41, 5.74) is 1.26. The molecule has 0 bridgehead atoms. The van der Waals surface area contributed by atoms with Gasteiger partial charge in [0.05, 0.1) is 12.1 Å². The minimum atomic E-state index is -0.592. The molecule has 0 atom stereocenters. The number of carbonyl (C=O) groups is 1. The van der Waals surface area contributed by atoms with Gasteiger partial charge in [-0.2, -0.15) is 0 Å². The Morgan fingerprint density at radius 2 is 2.33 bits per heavy atom. The summed E-state index contributed by atoms with van der Waals surface area (Å²) < 4.78 is 4.83. The van der Waals surface area contributed by atoms with Crippen molar-refractivity contribution < 1.29 is 14.6 Å². The van der Waals surface area contributed by atoms with Crippen LogP contribution in [0.25, 0.3) is 10.9 Å². The first-order valence-electron chi connectivity index (χ1n) is 5.42. The van der Waals surface area contributed by atoms with Crippen LogP contribution >= 0.6 is 0 Å². The van der Waals surface area contributed by atoms with Crippen LogP contribution < -0.4 is 0 Å². The molecule has 0 aliphatic carbocycles. The summed E-state index contributed by atoms with van der Waals surface area (Å²) >= 11 is 0. The van der Waals surface area contributed by atoms with Gasteiger partial charge >= 0.3 is 5.97 Å². The van der Waals surface area contributed by atoms with Gasteiger partial charge in [0.15, 0.2) is 0 Å². The van der Waals surface area contributed by atoms with Crippen LogP contribution in [0.1, 0.15) is 22.8 Å². The normalized spacial score (nSPS) is 10.0. The number of ether oxygens (including phenoxy) is 1. The molecule has 0 saturated carbocycles. The second kappa shape index (κ2) is 4.76. The van der Waals surface area contributed by atoms with Gasteiger partial charge in [0.25, 0.3) is 0 Å². The highest BCUT2D eigenvalue weighted by Crippen LogP contribution is 2.28. The quantitative estimate of drug-likeness (QED) is 0.646. The molecule has 1 aromatic carbocycles. The number of rotatable bonds is 2. The van der Waals surface area contributed by atoms with E-state index >= 15 is 0 Å². The topological polar surface area (TPSA) is 59.4 Å². The lowest BCUT2D eigenvalue weighted by atomic mass is 10.1. The van der Waals surface area contributed by atoms with Crippen molar-refractivity contribution in [1.82, 2.24) is 4.98 Å². The molecule has 0 amide bonds. The Labute approximate surface area is 104 Å². The second-order valence-corrected chi connectivity index (χ2v) is 3.62. The Bertz CT molecular complexity index is 656. The molecule has 1 N–H and O–H groups in total. The van der Waals surface area contributed by atoms with Gasteiger partial charge in [-0.05, 0) is 25.1 Å². The average Bonchev–Trinajstić information content (AvgIpc) is 2.38. The summed E-state index contributed by atoms with van der Waals surface area (Å²) in [6, 6.07) is 4.98. The molecule has 1 heterocycles. The van der Waals surface area contributed by atoms with E-state index in [2.05, 4.69) is 10.9 Å². The van der Waals surface area contributed by atoms with Gasteiger partial charge in [-0.15, -0.1) is 6.42 Å². The molecule has 0 unspecified atom stereocenters. The minimum Gasteiger partial charge on any atom is -0.506 e. The van der Waals surface area contributed by atoms with Crippen LogP contribution in [-0.4, -0.2) is 22.7 Å². The van der Waals surface area contributed by atoms with Crippen LogP contribution in [0.15, 0.2) is 24.4 Å². The number of benzene rings is 1. The van der Waals surface area contributed by atoms with Crippen molar-refractivity contribution in [3.8, 4) is 18.1 Å². The van der Waals surface area contributed by atoms with Gasteiger partial charge in [0.2, 0.25) is 0 Å². The number of carbonyl (C=O) groups excluding carboxylic acids is 1. The number of pyridine rings is 1. The SMILES string of the molecule is C#Cc1ccc2c(O)c(C(=O)OCC)cnc2c1. The summed E-state index contributed by atoms with van der Waals surface area (Å²) in [6.07, 6.45) is 6.57. The number of terminal acetylenes is 1. The molecule has 2 rings (SSSR count). The van der Waals surface area contributed by atoms with Crippen LogP contribution in [0, 0.1) is 12.3 Å². The fourth-order valence-corrected chi connectivity index (χ4v) is 1.63. The summed E-state index contributed by atoms with van der Waals surface area (Å²) in [6.45, 7) is 1.94. The fourth-order valence-electron chi connectivity index (χ4n) is 1.63. The zero-order valence-electron chi connectivity index (χ0n) is 9.80. The Hall–Kier alpha value is -2.54. The zero-order valence-corrected chi connectivity index (χ0v) is 9.80. The predicted molar refractivity (Wildman–Crippen MR) is 67.3 cm³/mol. The number of fused-ring (bicyclic) bond motifs is 1. The molecule has 0 spiro atoms.